The van der Waals surface area contributed by atoms with Gasteiger partial charge in [0.1, 0.15) is 11.2 Å². The minimum atomic E-state index is -1.42. The zero-order chi connectivity index (χ0) is 30.3. The van der Waals surface area contributed by atoms with Gasteiger partial charge in [0, 0.05) is 20.1 Å². The molecule has 0 saturated heterocycles. The van der Waals surface area contributed by atoms with Crippen LogP contribution in [0.3, 0.4) is 0 Å². The SMILES string of the molecule is OC1(c2ccccc2)c2ccc(Br)cc2C(O)(c2ccccc2)c2cc(Br)ccc21.c1ccc2cc3ccccc3cc2c1. The minimum absolute atomic E-state index is 0.653. The molecule has 8 rings (SSSR count). The summed E-state index contributed by atoms with van der Waals surface area (Å²) in [5.74, 6) is 0. The van der Waals surface area contributed by atoms with Gasteiger partial charge in [-0.1, -0.05) is 153 Å². The van der Waals surface area contributed by atoms with E-state index in [9.17, 15) is 10.2 Å². The number of hydrogen-bond donors (Lipinski definition) is 2. The Hall–Kier alpha value is -4.06. The van der Waals surface area contributed by atoms with Crippen LogP contribution in [0.25, 0.3) is 21.5 Å². The summed E-state index contributed by atoms with van der Waals surface area (Å²) in [6, 6.07) is 52.0. The lowest BCUT2D eigenvalue weighted by atomic mass is 9.63. The number of benzene rings is 7. The zero-order valence-electron chi connectivity index (χ0n) is 23.7. The number of fused-ring (bicyclic) bond motifs is 4. The average Bonchev–Trinajstić information content (AvgIpc) is 3.07. The van der Waals surface area contributed by atoms with E-state index in [-0.39, 0.29) is 0 Å². The molecule has 1 aliphatic rings. The Kier molecular flexibility index (Phi) is 7.47. The summed E-state index contributed by atoms with van der Waals surface area (Å²) < 4.78 is 1.67. The first-order chi connectivity index (χ1) is 21.4. The molecule has 0 spiro atoms. The van der Waals surface area contributed by atoms with E-state index in [2.05, 4.69) is 92.5 Å². The lowest BCUT2D eigenvalue weighted by Gasteiger charge is -2.45. The van der Waals surface area contributed by atoms with Gasteiger partial charge in [0.05, 0.1) is 0 Å². The van der Waals surface area contributed by atoms with Crippen LogP contribution in [0.1, 0.15) is 33.4 Å². The van der Waals surface area contributed by atoms with Crippen molar-refractivity contribution in [2.45, 2.75) is 11.2 Å². The average molecular weight is 700 g/mol. The van der Waals surface area contributed by atoms with Crippen LogP contribution in [0.5, 0.6) is 0 Å². The molecule has 0 atom stereocenters. The van der Waals surface area contributed by atoms with Crippen molar-refractivity contribution in [3.05, 3.63) is 200 Å². The monoisotopic (exact) mass is 698 g/mol. The molecule has 0 amide bonds. The second kappa shape index (κ2) is 11.5. The highest BCUT2D eigenvalue weighted by atomic mass is 79.9. The summed E-state index contributed by atoms with van der Waals surface area (Å²) >= 11 is 7.12. The van der Waals surface area contributed by atoms with Crippen molar-refractivity contribution in [3.8, 4) is 0 Å². The van der Waals surface area contributed by atoms with Crippen molar-refractivity contribution in [1.29, 1.82) is 0 Å². The van der Waals surface area contributed by atoms with Crippen molar-refractivity contribution in [3.63, 3.8) is 0 Å². The topological polar surface area (TPSA) is 40.5 Å². The largest absolute Gasteiger partial charge is 0.376 e. The van der Waals surface area contributed by atoms with Crippen molar-refractivity contribution in [1.82, 2.24) is 0 Å². The molecule has 0 radical (unpaired) electrons. The van der Waals surface area contributed by atoms with Gasteiger partial charge in [-0.3, -0.25) is 0 Å². The molecule has 1 aliphatic carbocycles. The molecule has 2 N–H and O–H groups in total. The van der Waals surface area contributed by atoms with E-state index in [1.807, 2.05) is 97.1 Å². The van der Waals surface area contributed by atoms with E-state index in [1.165, 1.54) is 21.5 Å². The quantitative estimate of drug-likeness (QED) is 0.176. The van der Waals surface area contributed by atoms with Crippen molar-refractivity contribution in [2.24, 2.45) is 0 Å². The molecule has 0 aromatic heterocycles. The van der Waals surface area contributed by atoms with Crippen LogP contribution in [0, 0.1) is 0 Å². The van der Waals surface area contributed by atoms with E-state index in [0.29, 0.717) is 22.3 Å². The first kappa shape index (κ1) is 28.7. The standard InChI is InChI=1S/C26H18Br2O2.C14H10/c27-19-11-13-21-23(15-19)26(30,18-9-5-2-6-10-18)24-16-20(28)12-14-22(24)25(21,29)17-7-3-1-4-8-17;1-2-6-12-10-14-8-4-3-7-13(14)9-11(12)5-1/h1-16,29-30H;1-10H. The molecule has 0 unspecified atom stereocenters. The van der Waals surface area contributed by atoms with Crippen LogP contribution in [-0.4, -0.2) is 10.2 Å². The molecule has 0 saturated carbocycles. The Morgan fingerprint density at radius 3 is 1.02 bits per heavy atom. The van der Waals surface area contributed by atoms with Crippen LogP contribution in [0.4, 0.5) is 0 Å². The number of halogens is 2. The molecule has 0 aliphatic heterocycles. The second-order valence-electron chi connectivity index (χ2n) is 11.1. The van der Waals surface area contributed by atoms with E-state index in [1.54, 1.807) is 0 Å². The summed E-state index contributed by atoms with van der Waals surface area (Å²) in [6.45, 7) is 0. The molecule has 0 heterocycles. The summed E-state index contributed by atoms with van der Waals surface area (Å²) in [7, 11) is 0. The predicted molar refractivity (Wildman–Crippen MR) is 187 cm³/mol. The van der Waals surface area contributed by atoms with Gasteiger partial charge in [-0.05, 0) is 80.2 Å². The third-order valence-electron chi connectivity index (χ3n) is 8.52. The highest BCUT2D eigenvalue weighted by Gasteiger charge is 2.51. The van der Waals surface area contributed by atoms with Crippen molar-refractivity contribution >= 4 is 53.4 Å². The van der Waals surface area contributed by atoms with E-state index >= 15 is 0 Å². The van der Waals surface area contributed by atoms with Gasteiger partial charge in [0.15, 0.2) is 0 Å². The van der Waals surface area contributed by atoms with Crippen LogP contribution >= 0.6 is 31.9 Å². The van der Waals surface area contributed by atoms with E-state index in [4.69, 9.17) is 0 Å². The fourth-order valence-electron chi connectivity index (χ4n) is 6.42. The normalized spacial score (nSPS) is 18.6. The molecule has 4 heteroatoms. The number of hydrogen-bond acceptors (Lipinski definition) is 2. The lowest BCUT2D eigenvalue weighted by Crippen LogP contribution is -2.44. The molecule has 7 aromatic carbocycles. The van der Waals surface area contributed by atoms with E-state index < -0.39 is 11.2 Å². The Morgan fingerprint density at radius 1 is 0.341 bits per heavy atom. The van der Waals surface area contributed by atoms with Gasteiger partial charge in [0.2, 0.25) is 0 Å². The van der Waals surface area contributed by atoms with Crippen LogP contribution in [0.15, 0.2) is 167 Å². The molecule has 0 bridgehead atoms. The van der Waals surface area contributed by atoms with Gasteiger partial charge in [-0.2, -0.15) is 0 Å². The molecule has 2 nitrogen and oxygen atoms in total. The fourth-order valence-corrected chi connectivity index (χ4v) is 7.14. The third-order valence-corrected chi connectivity index (χ3v) is 9.51. The maximum atomic E-state index is 12.3. The van der Waals surface area contributed by atoms with Crippen LogP contribution in [-0.2, 0) is 11.2 Å². The smallest absolute Gasteiger partial charge is 0.141 e. The molecule has 0 fully saturated rings. The molecule has 7 aromatic rings. The van der Waals surface area contributed by atoms with Crippen LogP contribution < -0.4 is 0 Å². The Bertz CT molecular complexity index is 1970. The Morgan fingerprint density at radius 2 is 0.659 bits per heavy atom. The maximum Gasteiger partial charge on any atom is 0.141 e. The van der Waals surface area contributed by atoms with Gasteiger partial charge in [-0.25, -0.2) is 0 Å². The van der Waals surface area contributed by atoms with Gasteiger partial charge in [-0.15, -0.1) is 0 Å². The maximum absolute atomic E-state index is 12.3. The molecule has 214 valence electrons. The summed E-state index contributed by atoms with van der Waals surface area (Å²) in [5.41, 5.74) is 1.33. The second-order valence-corrected chi connectivity index (χ2v) is 12.9. The van der Waals surface area contributed by atoms with Crippen molar-refractivity contribution in [2.75, 3.05) is 0 Å². The fraction of sp³-hybridized carbons (Fsp3) is 0.0500. The molecule has 44 heavy (non-hydrogen) atoms. The summed E-state index contributed by atoms with van der Waals surface area (Å²) in [5, 5.41) is 29.8. The van der Waals surface area contributed by atoms with Gasteiger partial charge in [0.25, 0.3) is 0 Å². The predicted octanol–water partition coefficient (Wildman–Crippen LogP) is 10.1. The van der Waals surface area contributed by atoms with Gasteiger partial charge < -0.3 is 10.2 Å². The first-order valence-corrected chi connectivity index (χ1v) is 16.0. The first-order valence-electron chi connectivity index (χ1n) is 14.4. The van der Waals surface area contributed by atoms with Gasteiger partial charge >= 0.3 is 0 Å². The molecular weight excluding hydrogens is 672 g/mol. The third kappa shape index (κ3) is 4.79. The lowest BCUT2D eigenvalue weighted by molar-refractivity contribution is 0.0746. The summed E-state index contributed by atoms with van der Waals surface area (Å²) in [4.78, 5) is 0. The Balaban J connectivity index is 0.000000185. The Labute approximate surface area is 273 Å². The number of aliphatic hydroxyl groups is 2. The minimum Gasteiger partial charge on any atom is -0.376 e. The number of rotatable bonds is 2. The highest BCUT2D eigenvalue weighted by Crippen LogP contribution is 2.54. The highest BCUT2D eigenvalue weighted by molar-refractivity contribution is 9.10. The van der Waals surface area contributed by atoms with Crippen molar-refractivity contribution < 1.29 is 10.2 Å². The zero-order valence-corrected chi connectivity index (χ0v) is 26.8. The van der Waals surface area contributed by atoms with E-state index in [0.717, 1.165) is 20.1 Å². The van der Waals surface area contributed by atoms with Crippen LogP contribution in [0.2, 0.25) is 0 Å². The summed E-state index contributed by atoms with van der Waals surface area (Å²) in [6.07, 6.45) is 0. The molecular formula is C40H28Br2O2.